The second-order valence-electron chi connectivity index (χ2n) is 15.3. The number of carbonyl (C=O) groups is 3. The van der Waals surface area contributed by atoms with Crippen molar-refractivity contribution >= 4 is 23.8 Å². The van der Waals surface area contributed by atoms with Gasteiger partial charge < -0.3 is 24.8 Å². The van der Waals surface area contributed by atoms with Gasteiger partial charge in [0.05, 0.1) is 11.0 Å². The van der Waals surface area contributed by atoms with E-state index in [1.807, 2.05) is 26.8 Å². The zero-order valence-corrected chi connectivity index (χ0v) is 28.9. The van der Waals surface area contributed by atoms with Crippen LogP contribution in [0, 0.1) is 22.7 Å². The van der Waals surface area contributed by atoms with Crippen molar-refractivity contribution in [1.82, 2.24) is 0 Å². The molecule has 49 heavy (non-hydrogen) atoms. The molecule has 0 amide bonds. The second kappa shape index (κ2) is 12.5. The van der Waals surface area contributed by atoms with Gasteiger partial charge in [-0.05, 0) is 94.4 Å². The monoisotopic (exact) mass is 688 g/mol. The minimum Gasteiger partial charge on any atom is -0.459 e. The van der Waals surface area contributed by atoms with Gasteiger partial charge in [0.15, 0.2) is 5.78 Å². The first-order chi connectivity index (χ1) is 22.6. The average molecular weight is 689 g/mol. The van der Waals surface area contributed by atoms with Gasteiger partial charge in [0.2, 0.25) is 0 Å². The molecule has 0 heterocycles. The van der Waals surface area contributed by atoms with Crippen molar-refractivity contribution in [2.75, 3.05) is 0 Å². The number of carbonyl (C=O) groups excluding carboxylic acids is 3. The summed E-state index contributed by atoms with van der Waals surface area (Å²) < 4.78 is 50.4. The van der Waals surface area contributed by atoms with E-state index in [0.717, 1.165) is 23.3 Å². The molecule has 3 N–H and O–H groups in total. The van der Waals surface area contributed by atoms with Crippen LogP contribution in [0.4, 0.5) is 13.2 Å². The molecule has 1 unspecified atom stereocenters. The molecule has 268 valence electrons. The third-order valence-corrected chi connectivity index (χ3v) is 12.6. The lowest BCUT2D eigenvalue weighted by atomic mass is 9.42. The maximum Gasteiger partial charge on any atom is 0.416 e. The molecule has 4 aliphatic rings. The second-order valence-corrected chi connectivity index (χ2v) is 15.3. The lowest BCUT2D eigenvalue weighted by molar-refractivity contribution is -0.314. The Labute approximate surface area is 285 Å². The van der Waals surface area contributed by atoms with E-state index < -0.39 is 75.2 Å². The first-order valence-corrected chi connectivity index (χ1v) is 16.9. The van der Waals surface area contributed by atoms with Crippen LogP contribution in [0.3, 0.4) is 0 Å². The Kier molecular flexibility index (Phi) is 9.43. The molecule has 8 nitrogen and oxygen atoms in total. The topological polar surface area (TPSA) is 130 Å². The molecule has 0 bridgehead atoms. The van der Waals surface area contributed by atoms with Gasteiger partial charge in [-0.3, -0.25) is 4.79 Å². The molecule has 11 heteroatoms. The molecule has 5 rings (SSSR count). The molecule has 1 aromatic carbocycles. The number of hydrogen-bond acceptors (Lipinski definition) is 8. The summed E-state index contributed by atoms with van der Waals surface area (Å²) >= 11 is 0. The normalized spacial score (nSPS) is 37.6. The standard InChI is InChI=1S/C38H47F3O8/c1-22(2)23(3)19-32(44)49-30-21-29-33(5)15-14-28(48-31(43)12-9-25-7-10-26(11-8-25)38(39,40)41)20-27(33)13-16-36(29,46)37(47)18-17-35(45,24(4)42)34(30,37)6/h7-13,19,22,28-30,45-47H,14-18,20-21H2,1-6H3/b12-9+,23-19+/t28-,29?,30+,33-,34+,35+,36-,37+/m0/s1. The van der Waals surface area contributed by atoms with E-state index in [2.05, 4.69) is 0 Å². The molecule has 0 aromatic heterocycles. The molecule has 4 aliphatic carbocycles. The molecule has 0 saturated heterocycles. The van der Waals surface area contributed by atoms with Crippen LogP contribution in [0.25, 0.3) is 6.08 Å². The minimum atomic E-state index is -4.46. The lowest BCUT2D eigenvalue weighted by Crippen LogP contribution is -2.78. The highest BCUT2D eigenvalue weighted by Crippen LogP contribution is 2.71. The van der Waals surface area contributed by atoms with E-state index >= 15 is 0 Å². The maximum atomic E-state index is 13.3. The molecular weight excluding hydrogens is 641 g/mol. The maximum absolute atomic E-state index is 13.3. The molecule has 8 atom stereocenters. The number of allylic oxidation sites excluding steroid dienone is 1. The summed E-state index contributed by atoms with van der Waals surface area (Å²) in [4.78, 5) is 39.0. The Morgan fingerprint density at radius 2 is 1.61 bits per heavy atom. The van der Waals surface area contributed by atoms with Crippen LogP contribution >= 0.6 is 0 Å². The van der Waals surface area contributed by atoms with Crippen molar-refractivity contribution in [2.24, 2.45) is 22.7 Å². The van der Waals surface area contributed by atoms with Crippen molar-refractivity contribution < 1.29 is 52.3 Å². The molecule has 0 spiro atoms. The number of alkyl halides is 3. The summed E-state index contributed by atoms with van der Waals surface area (Å²) in [6.45, 7) is 10.5. The highest BCUT2D eigenvalue weighted by molar-refractivity contribution is 5.88. The highest BCUT2D eigenvalue weighted by atomic mass is 19.4. The first-order valence-electron chi connectivity index (χ1n) is 16.9. The number of rotatable bonds is 7. The summed E-state index contributed by atoms with van der Waals surface area (Å²) in [7, 11) is 0. The van der Waals surface area contributed by atoms with Crippen LogP contribution in [0.15, 0.2) is 53.6 Å². The van der Waals surface area contributed by atoms with Crippen LogP contribution < -0.4 is 0 Å². The number of benzene rings is 1. The number of esters is 2. The van der Waals surface area contributed by atoms with Gasteiger partial charge in [0.25, 0.3) is 0 Å². The van der Waals surface area contributed by atoms with Crippen molar-refractivity contribution in [3.8, 4) is 0 Å². The lowest BCUT2D eigenvalue weighted by Gasteiger charge is -2.67. The number of ether oxygens (including phenoxy) is 2. The predicted molar refractivity (Wildman–Crippen MR) is 174 cm³/mol. The van der Waals surface area contributed by atoms with E-state index in [9.17, 15) is 42.9 Å². The van der Waals surface area contributed by atoms with Crippen molar-refractivity contribution in [3.05, 3.63) is 64.8 Å². The molecule has 1 aromatic rings. The Hall–Kier alpha value is -3.28. The zero-order chi connectivity index (χ0) is 36.4. The van der Waals surface area contributed by atoms with E-state index in [4.69, 9.17) is 9.47 Å². The van der Waals surface area contributed by atoms with Crippen LogP contribution in [0.2, 0.25) is 0 Å². The van der Waals surface area contributed by atoms with Crippen LogP contribution in [0.1, 0.15) is 97.6 Å². The van der Waals surface area contributed by atoms with Crippen LogP contribution in [0.5, 0.6) is 0 Å². The fourth-order valence-electron chi connectivity index (χ4n) is 9.13. The van der Waals surface area contributed by atoms with Crippen molar-refractivity contribution in [1.29, 1.82) is 0 Å². The van der Waals surface area contributed by atoms with E-state index in [0.29, 0.717) is 24.8 Å². The largest absolute Gasteiger partial charge is 0.459 e. The molecule has 3 saturated carbocycles. The first kappa shape index (κ1) is 37.0. The number of aliphatic hydroxyl groups is 3. The van der Waals surface area contributed by atoms with E-state index in [1.165, 1.54) is 37.3 Å². The van der Waals surface area contributed by atoms with E-state index in [1.54, 1.807) is 13.8 Å². The fraction of sp³-hybridized carbons (Fsp3) is 0.605. The van der Waals surface area contributed by atoms with Crippen molar-refractivity contribution in [2.45, 2.75) is 122 Å². The van der Waals surface area contributed by atoms with Gasteiger partial charge in [-0.1, -0.05) is 50.1 Å². The van der Waals surface area contributed by atoms with Gasteiger partial charge in [0.1, 0.15) is 29.0 Å². The molecule has 0 radical (unpaired) electrons. The Morgan fingerprint density at radius 3 is 2.20 bits per heavy atom. The Balaban J connectivity index is 1.40. The van der Waals surface area contributed by atoms with Crippen LogP contribution in [-0.4, -0.2) is 62.1 Å². The highest BCUT2D eigenvalue weighted by Gasteiger charge is 2.81. The van der Waals surface area contributed by atoms with Gasteiger partial charge in [-0.25, -0.2) is 9.59 Å². The number of ketones is 1. The average Bonchev–Trinajstić information content (AvgIpc) is 3.25. The van der Waals surface area contributed by atoms with Gasteiger partial charge in [-0.2, -0.15) is 13.2 Å². The number of hydrogen-bond donors (Lipinski definition) is 3. The molecule has 3 fully saturated rings. The fourth-order valence-corrected chi connectivity index (χ4v) is 9.13. The smallest absolute Gasteiger partial charge is 0.416 e. The van der Waals surface area contributed by atoms with Gasteiger partial charge in [-0.15, -0.1) is 0 Å². The van der Waals surface area contributed by atoms with Gasteiger partial charge >= 0.3 is 18.1 Å². The number of Topliss-reactive ketones (excluding diaryl/α,β-unsaturated/α-hetero) is 1. The number of halogens is 3. The summed E-state index contributed by atoms with van der Waals surface area (Å²) in [6.07, 6.45) is 0.900. The SMILES string of the molecule is CC(=O)[C@]1(O)CC[C@@]2(O)[C@]1(C)[C@H](OC(=O)/C=C(\C)C(C)C)CC1[C@@]3(C)CC[C@H](OC(=O)/C=C/c4ccc(C(F)(F)F)cc4)CC3=CC[C@]12O. The summed E-state index contributed by atoms with van der Waals surface area (Å²) in [5.74, 6) is -2.42. The zero-order valence-electron chi connectivity index (χ0n) is 28.9. The summed E-state index contributed by atoms with van der Waals surface area (Å²) in [5.41, 5.74) is -6.88. The van der Waals surface area contributed by atoms with Gasteiger partial charge in [0, 0.05) is 24.5 Å². The third-order valence-electron chi connectivity index (χ3n) is 12.6. The third kappa shape index (κ3) is 5.89. The van der Waals surface area contributed by atoms with Crippen LogP contribution in [-0.2, 0) is 30.0 Å². The van der Waals surface area contributed by atoms with E-state index in [-0.39, 0.29) is 31.6 Å². The minimum absolute atomic E-state index is 0.0180. The number of fused-ring (bicyclic) bond motifs is 5. The van der Waals surface area contributed by atoms with Crippen molar-refractivity contribution in [3.63, 3.8) is 0 Å². The molecule has 0 aliphatic heterocycles. The molecular formula is C38H47F3O8. The summed E-state index contributed by atoms with van der Waals surface area (Å²) in [5, 5.41) is 37.1. The quantitative estimate of drug-likeness (QED) is 0.174. The predicted octanol–water partition coefficient (Wildman–Crippen LogP) is 6.27. The Morgan fingerprint density at radius 1 is 0.959 bits per heavy atom. The summed E-state index contributed by atoms with van der Waals surface area (Å²) in [6, 6.07) is 4.41. The Bertz CT molecular complexity index is 1590.